The maximum atomic E-state index is 11.9. The van der Waals surface area contributed by atoms with Crippen LogP contribution in [0.1, 0.15) is 26.7 Å². The van der Waals surface area contributed by atoms with Crippen LogP contribution < -0.4 is 5.32 Å². The summed E-state index contributed by atoms with van der Waals surface area (Å²) in [5.74, 6) is 1.03. The lowest BCUT2D eigenvalue weighted by atomic mass is 10.1. The van der Waals surface area contributed by atoms with Gasteiger partial charge in [-0.2, -0.15) is 0 Å². The van der Waals surface area contributed by atoms with Crippen LogP contribution in [0.4, 0.5) is 0 Å². The smallest absolute Gasteiger partial charge is 0.223 e. The fourth-order valence-electron chi connectivity index (χ4n) is 1.93. The molecule has 0 aromatic heterocycles. The van der Waals surface area contributed by atoms with E-state index >= 15 is 0 Å². The van der Waals surface area contributed by atoms with E-state index in [0.29, 0.717) is 12.3 Å². The van der Waals surface area contributed by atoms with Crippen molar-refractivity contribution in [2.75, 3.05) is 46.3 Å². The summed E-state index contributed by atoms with van der Waals surface area (Å²) in [5.41, 5.74) is 0. The van der Waals surface area contributed by atoms with Crippen LogP contribution in [0.2, 0.25) is 0 Å². The summed E-state index contributed by atoms with van der Waals surface area (Å²) < 4.78 is 0. The van der Waals surface area contributed by atoms with Crippen LogP contribution in [0.25, 0.3) is 0 Å². The highest BCUT2D eigenvalue weighted by atomic mass is 16.2. The summed E-state index contributed by atoms with van der Waals surface area (Å²) in [4.78, 5) is 16.1. The molecular formula is C13H27N3O. The highest BCUT2D eigenvalue weighted by Gasteiger charge is 2.18. The zero-order valence-electron chi connectivity index (χ0n) is 11.5. The van der Waals surface area contributed by atoms with Crippen LogP contribution in [-0.4, -0.2) is 62.0 Å². The van der Waals surface area contributed by atoms with Crippen molar-refractivity contribution in [2.24, 2.45) is 5.92 Å². The van der Waals surface area contributed by atoms with Gasteiger partial charge in [0.05, 0.1) is 0 Å². The summed E-state index contributed by atoms with van der Waals surface area (Å²) in [6, 6.07) is 0. The van der Waals surface area contributed by atoms with Crippen LogP contribution in [0.15, 0.2) is 0 Å². The summed E-state index contributed by atoms with van der Waals surface area (Å²) >= 11 is 0. The van der Waals surface area contributed by atoms with Crippen molar-refractivity contribution in [3.8, 4) is 0 Å². The Bertz CT molecular complexity index is 223. The van der Waals surface area contributed by atoms with Gasteiger partial charge in [0.25, 0.3) is 0 Å². The predicted molar refractivity (Wildman–Crippen MR) is 71.0 cm³/mol. The first-order valence-electron chi connectivity index (χ1n) is 6.76. The molecule has 0 aromatic carbocycles. The third-order valence-electron chi connectivity index (χ3n) is 3.27. The maximum Gasteiger partial charge on any atom is 0.223 e. The average Bonchev–Trinajstić information content (AvgIpc) is 2.29. The van der Waals surface area contributed by atoms with Gasteiger partial charge in [0.1, 0.15) is 0 Å². The van der Waals surface area contributed by atoms with E-state index in [2.05, 4.69) is 31.1 Å². The highest BCUT2D eigenvalue weighted by Crippen LogP contribution is 2.01. The van der Waals surface area contributed by atoms with Gasteiger partial charge in [-0.25, -0.2) is 0 Å². The largest absolute Gasteiger partial charge is 0.340 e. The Kier molecular flexibility index (Phi) is 6.52. The summed E-state index contributed by atoms with van der Waals surface area (Å²) in [6.45, 7) is 10.1. The molecule has 4 nitrogen and oxygen atoms in total. The average molecular weight is 241 g/mol. The molecule has 0 radical (unpaired) electrons. The van der Waals surface area contributed by atoms with Gasteiger partial charge < -0.3 is 15.1 Å². The van der Waals surface area contributed by atoms with Gasteiger partial charge in [-0.1, -0.05) is 13.8 Å². The number of amides is 1. The predicted octanol–water partition coefficient (Wildman–Crippen LogP) is 0.786. The molecule has 0 atom stereocenters. The van der Waals surface area contributed by atoms with Gasteiger partial charge in [-0.15, -0.1) is 0 Å². The molecule has 1 heterocycles. The third kappa shape index (κ3) is 6.03. The van der Waals surface area contributed by atoms with Crippen molar-refractivity contribution in [1.29, 1.82) is 0 Å². The Morgan fingerprint density at radius 2 is 1.82 bits per heavy atom. The fourth-order valence-corrected chi connectivity index (χ4v) is 1.93. The number of carbonyl (C=O) groups is 1. The summed E-state index contributed by atoms with van der Waals surface area (Å²) in [5, 5.41) is 3.34. The van der Waals surface area contributed by atoms with Gasteiger partial charge in [0, 0.05) is 39.1 Å². The molecule has 0 aromatic rings. The van der Waals surface area contributed by atoms with Gasteiger partial charge in [-0.05, 0) is 25.9 Å². The molecule has 0 saturated carbocycles. The second-order valence-corrected chi connectivity index (χ2v) is 5.37. The Balaban J connectivity index is 2.05. The topological polar surface area (TPSA) is 35.6 Å². The summed E-state index contributed by atoms with van der Waals surface area (Å²) in [6.07, 6.45) is 1.82. The van der Waals surface area contributed by atoms with Crippen molar-refractivity contribution in [1.82, 2.24) is 15.1 Å². The van der Waals surface area contributed by atoms with Crippen molar-refractivity contribution in [2.45, 2.75) is 26.7 Å². The van der Waals surface area contributed by atoms with Crippen LogP contribution in [-0.2, 0) is 4.79 Å². The second kappa shape index (κ2) is 7.67. The Morgan fingerprint density at radius 3 is 2.41 bits per heavy atom. The number of hydrogen-bond donors (Lipinski definition) is 1. The number of rotatable bonds is 6. The molecule has 1 rings (SSSR count). The Labute approximate surface area is 105 Å². The molecule has 4 heteroatoms. The maximum absolute atomic E-state index is 11.9. The van der Waals surface area contributed by atoms with Crippen LogP contribution in [0, 0.1) is 5.92 Å². The van der Waals surface area contributed by atoms with Crippen LogP contribution >= 0.6 is 0 Å². The number of carbonyl (C=O) groups excluding carboxylic acids is 1. The molecule has 1 fully saturated rings. The molecule has 1 aliphatic heterocycles. The molecule has 1 amide bonds. The van der Waals surface area contributed by atoms with Gasteiger partial charge in [0.2, 0.25) is 5.91 Å². The van der Waals surface area contributed by atoms with E-state index in [1.54, 1.807) is 0 Å². The quantitative estimate of drug-likeness (QED) is 0.698. The number of likely N-dealkylation sites (N-methyl/N-ethyl adjacent to an activating group) is 1. The van der Waals surface area contributed by atoms with Gasteiger partial charge >= 0.3 is 0 Å². The first kappa shape index (κ1) is 14.5. The van der Waals surface area contributed by atoms with Crippen molar-refractivity contribution >= 4 is 5.91 Å². The lowest BCUT2D eigenvalue weighted by Gasteiger charge is -2.32. The molecule has 0 bridgehead atoms. The van der Waals surface area contributed by atoms with E-state index in [9.17, 15) is 4.79 Å². The van der Waals surface area contributed by atoms with E-state index < -0.39 is 0 Å². The van der Waals surface area contributed by atoms with Crippen LogP contribution in [0.5, 0.6) is 0 Å². The van der Waals surface area contributed by atoms with Crippen molar-refractivity contribution < 1.29 is 4.79 Å². The molecule has 0 aliphatic carbocycles. The van der Waals surface area contributed by atoms with Crippen LogP contribution in [0.3, 0.4) is 0 Å². The van der Waals surface area contributed by atoms with Gasteiger partial charge in [0.15, 0.2) is 0 Å². The van der Waals surface area contributed by atoms with Crippen molar-refractivity contribution in [3.05, 3.63) is 0 Å². The molecule has 100 valence electrons. The van der Waals surface area contributed by atoms with E-state index in [-0.39, 0.29) is 0 Å². The minimum absolute atomic E-state index is 0.301. The Hall–Kier alpha value is -0.610. The van der Waals surface area contributed by atoms with E-state index in [1.807, 2.05) is 4.90 Å². The molecule has 17 heavy (non-hydrogen) atoms. The molecule has 1 saturated heterocycles. The minimum Gasteiger partial charge on any atom is -0.340 e. The van der Waals surface area contributed by atoms with Crippen molar-refractivity contribution in [3.63, 3.8) is 0 Å². The first-order valence-corrected chi connectivity index (χ1v) is 6.76. The van der Waals surface area contributed by atoms with E-state index in [1.165, 1.54) is 6.42 Å². The number of nitrogens with zero attached hydrogens (tertiary/aromatic N) is 2. The monoisotopic (exact) mass is 241 g/mol. The zero-order valence-corrected chi connectivity index (χ0v) is 11.5. The molecule has 1 aliphatic rings. The standard InChI is InChI=1S/C13H27N3O/c1-12(2)4-6-14-7-5-13(17)16-10-8-15(3)9-11-16/h12,14H,4-11H2,1-3H3. The van der Waals surface area contributed by atoms with E-state index in [4.69, 9.17) is 0 Å². The number of hydrogen-bond acceptors (Lipinski definition) is 3. The SMILES string of the molecule is CC(C)CCNCCC(=O)N1CCN(C)CC1. The fraction of sp³-hybridized carbons (Fsp3) is 0.923. The van der Waals surface area contributed by atoms with Gasteiger partial charge in [-0.3, -0.25) is 4.79 Å². The third-order valence-corrected chi connectivity index (χ3v) is 3.27. The second-order valence-electron chi connectivity index (χ2n) is 5.37. The lowest BCUT2D eigenvalue weighted by Crippen LogP contribution is -2.47. The first-order chi connectivity index (χ1) is 8.09. The van der Waals surface area contributed by atoms with E-state index in [0.717, 1.165) is 45.2 Å². The lowest BCUT2D eigenvalue weighted by molar-refractivity contribution is -0.132. The Morgan fingerprint density at radius 1 is 1.18 bits per heavy atom. The number of piperazine rings is 1. The zero-order chi connectivity index (χ0) is 12.7. The molecule has 0 unspecified atom stereocenters. The summed E-state index contributed by atoms with van der Waals surface area (Å²) in [7, 11) is 2.11. The number of nitrogens with one attached hydrogen (secondary N) is 1. The normalized spacial score (nSPS) is 17.8. The molecule has 0 spiro atoms. The highest BCUT2D eigenvalue weighted by molar-refractivity contribution is 5.76. The molecule has 1 N–H and O–H groups in total. The molecular weight excluding hydrogens is 214 g/mol. The minimum atomic E-state index is 0.301.